The van der Waals surface area contributed by atoms with Crippen LogP contribution in [0.15, 0.2) is 82.0 Å². The van der Waals surface area contributed by atoms with Crippen molar-refractivity contribution in [1.82, 2.24) is 4.57 Å². The third-order valence-electron chi connectivity index (χ3n) is 5.08. The van der Waals surface area contributed by atoms with Crippen LogP contribution in [0.1, 0.15) is 17.3 Å². The van der Waals surface area contributed by atoms with Crippen LogP contribution in [0.5, 0.6) is 5.75 Å². The van der Waals surface area contributed by atoms with Gasteiger partial charge in [0.15, 0.2) is 12.2 Å². The first-order valence-electron chi connectivity index (χ1n) is 11.1. The van der Waals surface area contributed by atoms with Gasteiger partial charge in [-0.25, -0.2) is 4.79 Å². The van der Waals surface area contributed by atoms with Gasteiger partial charge in [0.05, 0.1) is 12.1 Å². The SMILES string of the molecule is CCOc1ccc(NC(=O)c2ccc(NC(=O)COC(=O)Cn3c(=O)oc4ccccc43)cc2)cc1. The molecule has 0 aliphatic heterocycles. The van der Waals surface area contributed by atoms with E-state index in [0.717, 1.165) is 4.57 Å². The Balaban J connectivity index is 1.26. The summed E-state index contributed by atoms with van der Waals surface area (Å²) in [7, 11) is 0. The smallest absolute Gasteiger partial charge is 0.420 e. The number of fused-ring (bicyclic) bond motifs is 1. The van der Waals surface area contributed by atoms with Gasteiger partial charge in [0, 0.05) is 16.9 Å². The van der Waals surface area contributed by atoms with Crippen molar-refractivity contribution >= 4 is 40.3 Å². The Kier molecular flexibility index (Phi) is 7.45. The maximum absolute atomic E-state index is 12.5. The average Bonchev–Trinajstić information content (AvgIpc) is 3.19. The first-order chi connectivity index (χ1) is 17.4. The molecule has 0 radical (unpaired) electrons. The summed E-state index contributed by atoms with van der Waals surface area (Å²) in [5.74, 6) is -1.62. The normalized spacial score (nSPS) is 10.6. The van der Waals surface area contributed by atoms with Gasteiger partial charge >= 0.3 is 11.7 Å². The van der Waals surface area contributed by atoms with Crippen LogP contribution in [0.3, 0.4) is 0 Å². The Labute approximate surface area is 205 Å². The molecule has 0 unspecified atom stereocenters. The molecule has 2 amide bonds. The average molecular weight is 489 g/mol. The number of hydrogen-bond donors (Lipinski definition) is 2. The van der Waals surface area contributed by atoms with Gasteiger partial charge in [-0.15, -0.1) is 0 Å². The van der Waals surface area contributed by atoms with Crippen molar-refractivity contribution in [3.05, 3.63) is 88.9 Å². The molecular formula is C26H23N3O7. The molecule has 4 rings (SSSR count). The second-order valence-corrected chi connectivity index (χ2v) is 7.62. The van der Waals surface area contributed by atoms with Gasteiger partial charge in [0.25, 0.3) is 11.8 Å². The summed E-state index contributed by atoms with van der Waals surface area (Å²) < 4.78 is 16.6. The van der Waals surface area contributed by atoms with Crippen LogP contribution in [-0.4, -0.2) is 35.6 Å². The molecule has 0 spiro atoms. The lowest BCUT2D eigenvalue weighted by Gasteiger charge is -2.09. The second kappa shape index (κ2) is 11.0. The van der Waals surface area contributed by atoms with E-state index >= 15 is 0 Å². The third-order valence-corrected chi connectivity index (χ3v) is 5.08. The molecule has 10 heteroatoms. The van der Waals surface area contributed by atoms with E-state index in [2.05, 4.69) is 10.6 Å². The van der Waals surface area contributed by atoms with Crippen LogP contribution >= 0.6 is 0 Å². The van der Waals surface area contributed by atoms with Crippen molar-refractivity contribution in [2.75, 3.05) is 23.8 Å². The van der Waals surface area contributed by atoms with Gasteiger partial charge in [-0.3, -0.25) is 19.0 Å². The van der Waals surface area contributed by atoms with E-state index < -0.39 is 24.2 Å². The highest BCUT2D eigenvalue weighted by Gasteiger charge is 2.15. The Morgan fingerprint density at radius 2 is 1.56 bits per heavy atom. The molecule has 4 aromatic rings. The standard InChI is InChI=1S/C26H23N3O7/c1-2-34-20-13-11-19(12-14-20)28-25(32)17-7-9-18(10-8-17)27-23(30)16-35-24(31)15-29-21-5-3-4-6-22(21)36-26(29)33/h3-14H,2,15-16H2,1H3,(H,27,30)(H,28,32). The highest BCUT2D eigenvalue weighted by Crippen LogP contribution is 2.17. The Morgan fingerprint density at radius 3 is 2.28 bits per heavy atom. The number of nitrogens with one attached hydrogen (secondary N) is 2. The van der Waals surface area contributed by atoms with E-state index in [0.29, 0.717) is 40.4 Å². The molecule has 0 bridgehead atoms. The maximum atomic E-state index is 12.5. The van der Waals surface area contributed by atoms with Crippen molar-refractivity contribution in [2.24, 2.45) is 0 Å². The van der Waals surface area contributed by atoms with E-state index in [4.69, 9.17) is 13.9 Å². The monoisotopic (exact) mass is 489 g/mol. The molecule has 0 atom stereocenters. The van der Waals surface area contributed by atoms with Crippen LogP contribution in [-0.2, 0) is 20.9 Å². The number of para-hydroxylation sites is 2. The van der Waals surface area contributed by atoms with Crippen LogP contribution in [0.2, 0.25) is 0 Å². The van der Waals surface area contributed by atoms with Crippen LogP contribution < -0.4 is 21.1 Å². The Morgan fingerprint density at radius 1 is 0.889 bits per heavy atom. The first-order valence-corrected chi connectivity index (χ1v) is 11.1. The van der Waals surface area contributed by atoms with E-state index in [1.807, 2.05) is 6.92 Å². The fourth-order valence-corrected chi connectivity index (χ4v) is 3.39. The number of carbonyl (C=O) groups excluding carboxylic acids is 3. The zero-order valence-corrected chi connectivity index (χ0v) is 19.4. The molecule has 184 valence electrons. The van der Waals surface area contributed by atoms with Gasteiger partial charge in [0.2, 0.25) is 0 Å². The molecule has 36 heavy (non-hydrogen) atoms. The highest BCUT2D eigenvalue weighted by molar-refractivity contribution is 6.04. The van der Waals surface area contributed by atoms with E-state index in [-0.39, 0.29) is 12.5 Å². The molecule has 0 fully saturated rings. The largest absolute Gasteiger partial charge is 0.494 e. The summed E-state index contributed by atoms with van der Waals surface area (Å²) >= 11 is 0. The lowest BCUT2D eigenvalue weighted by Crippen LogP contribution is -2.25. The molecule has 3 aromatic carbocycles. The topological polar surface area (TPSA) is 129 Å². The zero-order valence-electron chi connectivity index (χ0n) is 19.4. The van der Waals surface area contributed by atoms with Gasteiger partial charge in [-0.05, 0) is 67.6 Å². The minimum absolute atomic E-state index is 0.312. The van der Waals surface area contributed by atoms with Crippen LogP contribution in [0.4, 0.5) is 11.4 Å². The number of carbonyl (C=O) groups is 3. The molecular weight excluding hydrogens is 466 g/mol. The number of nitrogens with zero attached hydrogens (tertiary/aromatic N) is 1. The Bertz CT molecular complexity index is 1440. The number of amides is 2. The van der Waals surface area contributed by atoms with Crippen molar-refractivity contribution in [1.29, 1.82) is 0 Å². The number of oxazole rings is 1. The minimum Gasteiger partial charge on any atom is -0.494 e. The predicted molar refractivity (Wildman–Crippen MR) is 132 cm³/mol. The van der Waals surface area contributed by atoms with Gasteiger partial charge in [-0.2, -0.15) is 0 Å². The van der Waals surface area contributed by atoms with Crippen molar-refractivity contribution < 1.29 is 28.3 Å². The van der Waals surface area contributed by atoms with Gasteiger partial charge in [0.1, 0.15) is 12.3 Å². The van der Waals surface area contributed by atoms with Crippen LogP contribution in [0.25, 0.3) is 11.1 Å². The summed E-state index contributed by atoms with van der Waals surface area (Å²) in [6, 6.07) is 19.9. The molecule has 0 aliphatic rings. The fourth-order valence-electron chi connectivity index (χ4n) is 3.39. The number of aromatic nitrogens is 1. The zero-order chi connectivity index (χ0) is 25.5. The van der Waals surface area contributed by atoms with Crippen molar-refractivity contribution in [3.8, 4) is 5.75 Å². The molecule has 10 nitrogen and oxygen atoms in total. The Hall–Kier alpha value is -4.86. The molecule has 1 aromatic heterocycles. The number of esters is 1. The van der Waals surface area contributed by atoms with Gasteiger partial charge < -0.3 is 24.5 Å². The highest BCUT2D eigenvalue weighted by atomic mass is 16.5. The summed E-state index contributed by atoms with van der Waals surface area (Å²) in [4.78, 5) is 48.7. The number of ether oxygens (including phenoxy) is 2. The van der Waals surface area contributed by atoms with E-state index in [9.17, 15) is 19.2 Å². The second-order valence-electron chi connectivity index (χ2n) is 7.62. The molecule has 0 saturated carbocycles. The maximum Gasteiger partial charge on any atom is 0.420 e. The summed E-state index contributed by atoms with van der Waals surface area (Å²) in [5, 5.41) is 5.37. The van der Waals surface area contributed by atoms with Crippen molar-refractivity contribution in [2.45, 2.75) is 13.5 Å². The quantitative estimate of drug-likeness (QED) is 0.345. The van der Waals surface area contributed by atoms with E-state index in [1.165, 1.54) is 0 Å². The summed E-state index contributed by atoms with van der Waals surface area (Å²) in [6.45, 7) is 1.52. The third kappa shape index (κ3) is 5.98. The summed E-state index contributed by atoms with van der Waals surface area (Å²) in [6.07, 6.45) is 0. The molecule has 0 aliphatic carbocycles. The number of benzene rings is 3. The first kappa shape index (κ1) is 24.3. The summed E-state index contributed by atoms with van der Waals surface area (Å²) in [5.41, 5.74) is 2.24. The molecule has 1 heterocycles. The minimum atomic E-state index is -0.764. The van der Waals surface area contributed by atoms with Crippen molar-refractivity contribution in [3.63, 3.8) is 0 Å². The van der Waals surface area contributed by atoms with Crippen LogP contribution in [0, 0.1) is 0 Å². The number of hydrogen-bond acceptors (Lipinski definition) is 7. The lowest BCUT2D eigenvalue weighted by molar-refractivity contribution is -0.147. The van der Waals surface area contributed by atoms with E-state index in [1.54, 1.807) is 72.8 Å². The number of rotatable bonds is 9. The fraction of sp³-hybridized carbons (Fsp3) is 0.154. The predicted octanol–water partition coefficient (Wildman–Crippen LogP) is 3.43. The number of anilines is 2. The van der Waals surface area contributed by atoms with Gasteiger partial charge in [-0.1, -0.05) is 12.1 Å². The molecule has 0 saturated heterocycles. The lowest BCUT2D eigenvalue weighted by atomic mass is 10.2. The molecule has 2 N–H and O–H groups in total.